The van der Waals surface area contributed by atoms with Crippen molar-refractivity contribution in [1.82, 2.24) is 10.2 Å². The van der Waals surface area contributed by atoms with E-state index in [9.17, 15) is 31.1 Å². The number of phenolic OH excluding ortho intramolecular Hbond substituents is 1. The minimum Gasteiger partial charge on any atom is -0.508 e. The van der Waals surface area contributed by atoms with E-state index in [0.717, 1.165) is 56.0 Å². The molecule has 4 rings (SSSR count). The van der Waals surface area contributed by atoms with Crippen molar-refractivity contribution in [2.45, 2.75) is 48.9 Å². The third-order valence-corrected chi connectivity index (χ3v) is 5.71. The van der Waals surface area contributed by atoms with E-state index in [2.05, 4.69) is 37.4 Å². The van der Waals surface area contributed by atoms with Crippen LogP contribution in [0.2, 0.25) is 0 Å². The maximum atomic E-state index is 11.8. The maximum Gasteiger partial charge on any atom is 0.573 e. The first-order chi connectivity index (χ1) is 17.9. The van der Waals surface area contributed by atoms with Crippen LogP contribution in [0.1, 0.15) is 32.3 Å². The second-order valence-electron chi connectivity index (χ2n) is 9.50. The van der Waals surface area contributed by atoms with Crippen molar-refractivity contribution in [3.63, 3.8) is 0 Å². The molecule has 7 nitrogen and oxygen atoms in total. The molecule has 0 spiro atoms. The van der Waals surface area contributed by atoms with Crippen molar-refractivity contribution < 1.29 is 50.5 Å². The van der Waals surface area contributed by atoms with E-state index in [1.54, 1.807) is 17.0 Å². The molecule has 0 aromatic heterocycles. The number of hydrogen-bond donors (Lipinski definition) is 2. The molecule has 2 saturated heterocycles. The molecule has 2 aromatic carbocycles. The van der Waals surface area contributed by atoms with E-state index in [-0.39, 0.29) is 28.9 Å². The SMILES string of the molecule is CC(C)(C)OC(=O)N1CC(I)C1.FC(F)(F)Oc1ccc(C2CNC2)cc1.Oc1ccc(OC(F)(F)F)cc1. The number of alkyl halides is 7. The molecule has 0 atom stereocenters. The van der Waals surface area contributed by atoms with Gasteiger partial charge in [0.15, 0.2) is 0 Å². The van der Waals surface area contributed by atoms with Crippen molar-refractivity contribution in [3.05, 3.63) is 54.1 Å². The molecule has 0 bridgehead atoms. The molecular weight excluding hydrogens is 649 g/mol. The van der Waals surface area contributed by atoms with Crippen LogP contribution in [0.5, 0.6) is 17.2 Å². The Hall–Kier alpha value is -2.62. The lowest BCUT2D eigenvalue weighted by Gasteiger charge is -2.36. The fourth-order valence-electron chi connectivity index (χ4n) is 3.01. The monoisotopic (exact) mass is 678 g/mol. The topological polar surface area (TPSA) is 80.3 Å². The predicted molar refractivity (Wildman–Crippen MR) is 139 cm³/mol. The minimum atomic E-state index is -4.68. The van der Waals surface area contributed by atoms with Crippen LogP contribution in [-0.2, 0) is 4.74 Å². The number of rotatable bonds is 3. The first-order valence-corrected chi connectivity index (χ1v) is 12.9. The van der Waals surface area contributed by atoms with Crippen LogP contribution in [0.4, 0.5) is 31.1 Å². The largest absolute Gasteiger partial charge is 0.573 e. The first kappa shape index (κ1) is 32.6. The normalized spacial score (nSPS) is 15.9. The van der Waals surface area contributed by atoms with E-state index in [4.69, 9.17) is 9.84 Å². The number of carbonyl (C=O) groups excluding carboxylic acids is 1. The molecule has 2 heterocycles. The predicted octanol–water partition coefficient (Wildman–Crippen LogP) is 6.60. The number of hydrogen-bond acceptors (Lipinski definition) is 6. The quantitative estimate of drug-likeness (QED) is 0.217. The molecule has 0 saturated carbocycles. The number of amides is 1. The van der Waals surface area contributed by atoms with Crippen LogP contribution in [0.25, 0.3) is 0 Å². The molecule has 0 radical (unpaired) electrons. The van der Waals surface area contributed by atoms with Crippen molar-refractivity contribution in [2.24, 2.45) is 0 Å². The summed E-state index contributed by atoms with van der Waals surface area (Å²) in [7, 11) is 0. The lowest BCUT2D eigenvalue weighted by atomic mass is 9.94. The van der Waals surface area contributed by atoms with E-state index < -0.39 is 12.7 Å². The third-order valence-electron chi connectivity index (χ3n) is 4.93. The lowest BCUT2D eigenvalue weighted by molar-refractivity contribution is -0.275. The molecule has 39 heavy (non-hydrogen) atoms. The molecule has 2 aliphatic rings. The van der Waals surface area contributed by atoms with Crippen LogP contribution in [0.3, 0.4) is 0 Å². The average molecular weight is 678 g/mol. The van der Waals surface area contributed by atoms with Gasteiger partial charge in [0.25, 0.3) is 0 Å². The van der Waals surface area contributed by atoms with Gasteiger partial charge in [-0.3, -0.25) is 0 Å². The molecule has 2 fully saturated rings. The van der Waals surface area contributed by atoms with Gasteiger partial charge in [-0.2, -0.15) is 0 Å². The molecular formula is C25H29F6IN2O5. The number of aromatic hydroxyl groups is 1. The van der Waals surface area contributed by atoms with Gasteiger partial charge in [0.2, 0.25) is 0 Å². The maximum absolute atomic E-state index is 11.8. The minimum absolute atomic E-state index is 0.107. The van der Waals surface area contributed by atoms with Gasteiger partial charge in [0.05, 0.1) is 0 Å². The number of ether oxygens (including phenoxy) is 3. The second kappa shape index (κ2) is 13.6. The molecule has 1 amide bonds. The number of halogens is 7. The van der Waals surface area contributed by atoms with Crippen molar-refractivity contribution in [3.8, 4) is 17.2 Å². The fourth-order valence-corrected chi connectivity index (χ4v) is 3.97. The van der Waals surface area contributed by atoms with Crippen LogP contribution in [0, 0.1) is 0 Å². The Morgan fingerprint density at radius 3 is 1.64 bits per heavy atom. The highest BCUT2D eigenvalue weighted by molar-refractivity contribution is 14.1. The molecule has 218 valence electrons. The Labute approximate surface area is 235 Å². The molecule has 0 unspecified atom stereocenters. The summed E-state index contributed by atoms with van der Waals surface area (Å²) in [6.45, 7) is 9.08. The Bertz CT molecular complexity index is 1030. The van der Waals surface area contributed by atoms with Crippen LogP contribution < -0.4 is 14.8 Å². The summed E-state index contributed by atoms with van der Waals surface area (Å²) in [6.07, 6.45) is -9.48. The van der Waals surface area contributed by atoms with Gasteiger partial charge in [0.1, 0.15) is 22.8 Å². The zero-order valence-corrected chi connectivity index (χ0v) is 23.4. The van der Waals surface area contributed by atoms with Gasteiger partial charge in [-0.1, -0.05) is 34.7 Å². The van der Waals surface area contributed by atoms with Gasteiger partial charge in [-0.25, -0.2) is 4.79 Å². The number of likely N-dealkylation sites (tertiary alicyclic amines) is 1. The van der Waals surface area contributed by atoms with Gasteiger partial charge in [-0.05, 0) is 62.7 Å². The highest BCUT2D eigenvalue weighted by atomic mass is 127. The number of carbonyl (C=O) groups is 1. The summed E-state index contributed by atoms with van der Waals surface area (Å²) in [6, 6.07) is 10.3. The zero-order chi connectivity index (χ0) is 29.4. The summed E-state index contributed by atoms with van der Waals surface area (Å²) in [5, 5.41) is 11.8. The third kappa shape index (κ3) is 13.3. The Balaban J connectivity index is 0.000000207. The Morgan fingerprint density at radius 1 is 0.872 bits per heavy atom. The van der Waals surface area contributed by atoms with Crippen molar-refractivity contribution in [1.29, 1.82) is 0 Å². The van der Waals surface area contributed by atoms with Crippen LogP contribution in [-0.4, -0.2) is 64.5 Å². The number of phenols is 1. The van der Waals surface area contributed by atoms with Gasteiger partial charge in [-0.15, -0.1) is 26.3 Å². The molecule has 2 aromatic rings. The summed E-state index contributed by atoms with van der Waals surface area (Å²) in [4.78, 5) is 13.0. The standard InChI is InChI=1S/C10H10F3NO.C8H14INO2.C7H5F3O2/c11-10(12,13)15-9-3-1-7(2-4-9)8-5-14-6-8;1-8(2,3)12-7(11)10-4-6(9)5-10;8-7(9,10)12-6-3-1-5(11)2-4-6/h1-4,8,14H,5-6H2;6H,4-5H2,1-3H3;1-4,11H. The van der Waals surface area contributed by atoms with Crippen LogP contribution >= 0.6 is 22.6 Å². The van der Waals surface area contributed by atoms with E-state index in [1.807, 2.05) is 20.8 Å². The number of nitrogens with one attached hydrogen (secondary N) is 1. The number of nitrogens with zero attached hydrogens (tertiary/aromatic N) is 1. The summed E-state index contributed by atoms with van der Waals surface area (Å²) >= 11 is 2.33. The van der Waals surface area contributed by atoms with Gasteiger partial charge in [0, 0.05) is 36.0 Å². The lowest BCUT2D eigenvalue weighted by Crippen LogP contribution is -2.52. The zero-order valence-electron chi connectivity index (χ0n) is 21.3. The van der Waals surface area contributed by atoms with Crippen molar-refractivity contribution >= 4 is 28.7 Å². The van der Waals surface area contributed by atoms with Gasteiger partial charge >= 0.3 is 18.8 Å². The van der Waals surface area contributed by atoms with E-state index >= 15 is 0 Å². The fraction of sp³-hybridized carbons (Fsp3) is 0.480. The molecule has 0 aliphatic carbocycles. The second-order valence-corrected chi connectivity index (χ2v) is 11.3. The highest BCUT2D eigenvalue weighted by Gasteiger charge is 2.33. The Morgan fingerprint density at radius 2 is 1.31 bits per heavy atom. The highest BCUT2D eigenvalue weighted by Crippen LogP contribution is 2.26. The molecule has 2 N–H and O–H groups in total. The Kier molecular flexibility index (Phi) is 11.4. The van der Waals surface area contributed by atoms with Crippen LogP contribution in [0.15, 0.2) is 48.5 Å². The average Bonchev–Trinajstić information content (AvgIpc) is 2.71. The summed E-state index contributed by atoms with van der Waals surface area (Å²) in [5.74, 6) is -0.201. The summed E-state index contributed by atoms with van der Waals surface area (Å²) in [5.41, 5.74) is 0.677. The van der Waals surface area contributed by atoms with E-state index in [1.165, 1.54) is 12.1 Å². The molecule has 14 heteroatoms. The van der Waals surface area contributed by atoms with E-state index in [0.29, 0.717) is 9.84 Å². The van der Waals surface area contributed by atoms with Crippen molar-refractivity contribution in [2.75, 3.05) is 26.2 Å². The number of benzene rings is 2. The van der Waals surface area contributed by atoms with Gasteiger partial charge < -0.3 is 29.5 Å². The molecule has 2 aliphatic heterocycles. The smallest absolute Gasteiger partial charge is 0.508 e. The first-order valence-electron chi connectivity index (χ1n) is 11.6. The summed E-state index contributed by atoms with van der Waals surface area (Å²) < 4.78 is 83.3.